The van der Waals surface area contributed by atoms with Crippen LogP contribution in [0.25, 0.3) is 0 Å². The number of aliphatic hydroxyl groups excluding tert-OH is 1. The normalized spacial score (nSPS) is 19.2. The summed E-state index contributed by atoms with van der Waals surface area (Å²) < 4.78 is 21.3. The molecule has 12 nitrogen and oxygen atoms in total. The van der Waals surface area contributed by atoms with Gasteiger partial charge in [-0.15, -0.1) is 0 Å². The minimum Gasteiger partial charge on any atom is -0.511 e. The van der Waals surface area contributed by atoms with Gasteiger partial charge in [0.15, 0.2) is 11.5 Å². The molecule has 1 N–H and O–H groups in total. The summed E-state index contributed by atoms with van der Waals surface area (Å²) in [6.07, 6.45) is -0.403. The van der Waals surface area contributed by atoms with Gasteiger partial charge in [0.2, 0.25) is 0 Å². The topological polar surface area (TPSA) is 160 Å². The average molecular weight is 480 g/mol. The third kappa shape index (κ3) is 6.21. The highest BCUT2D eigenvalue weighted by Gasteiger charge is 2.45. The molecule has 0 saturated carbocycles. The quantitative estimate of drug-likeness (QED) is 0.220. The molecule has 0 spiro atoms. The molecule has 1 aromatic heterocycles. The van der Waals surface area contributed by atoms with E-state index in [0.29, 0.717) is 12.2 Å². The van der Waals surface area contributed by atoms with Crippen LogP contribution in [0.5, 0.6) is 0 Å². The van der Waals surface area contributed by atoms with E-state index in [0.717, 1.165) is 5.69 Å². The van der Waals surface area contributed by atoms with Gasteiger partial charge in [-0.3, -0.25) is 19.1 Å². The standard InChI is InChI=1S/C12H16N2O4.C10H12O6/c1-5-14-8(6-7(2)13-14)9-10(15)17-12(3,4)18-11(9)16;1-5(11)4-6(12)7-8(13)15-10(2,3)16-9(7)14/h6,9H,5H2,1-4H3;12H,4H2,1-3H3. The predicted molar refractivity (Wildman–Crippen MR) is 113 cm³/mol. The summed E-state index contributed by atoms with van der Waals surface area (Å²) in [5.41, 5.74) is 0.646. The number of cyclic esters (lactones) is 4. The first-order chi connectivity index (χ1) is 15.6. The second kappa shape index (κ2) is 9.65. The molecule has 0 amide bonds. The zero-order valence-corrected chi connectivity index (χ0v) is 20.1. The maximum absolute atomic E-state index is 11.9. The summed E-state index contributed by atoms with van der Waals surface area (Å²) >= 11 is 0. The van der Waals surface area contributed by atoms with E-state index in [1.54, 1.807) is 17.7 Å². The van der Waals surface area contributed by atoms with Crippen LogP contribution in [-0.4, -0.2) is 56.1 Å². The molecule has 3 heterocycles. The van der Waals surface area contributed by atoms with Gasteiger partial charge in [0.05, 0.1) is 17.8 Å². The SMILES string of the molecule is CC(=O)CC(O)=C1C(=O)OC(C)(C)OC1=O.CCn1nc(C)cc1C1C(=O)OC(C)(C)OC1=O. The van der Waals surface area contributed by atoms with E-state index in [-0.39, 0.29) is 5.78 Å². The first kappa shape index (κ1) is 26.6. The lowest BCUT2D eigenvalue weighted by atomic mass is 10.0. The number of allylic oxidation sites excluding steroid dienone is 1. The lowest BCUT2D eigenvalue weighted by Crippen LogP contribution is -2.45. The van der Waals surface area contributed by atoms with Gasteiger partial charge in [-0.2, -0.15) is 5.10 Å². The Bertz CT molecular complexity index is 1020. The van der Waals surface area contributed by atoms with Gasteiger partial charge in [0.25, 0.3) is 11.6 Å². The van der Waals surface area contributed by atoms with Crippen LogP contribution in [0, 0.1) is 6.92 Å². The highest BCUT2D eigenvalue weighted by atomic mass is 16.8. The number of carbonyl (C=O) groups excluding carboxylic acids is 5. The molecular formula is C22H28N2O10. The number of Topliss-reactive ketones (excluding diaryl/α,β-unsaturated/α-hetero) is 1. The van der Waals surface area contributed by atoms with E-state index < -0.39 is 59.1 Å². The van der Waals surface area contributed by atoms with Crippen molar-refractivity contribution >= 4 is 29.7 Å². The molecule has 3 rings (SSSR count). The van der Waals surface area contributed by atoms with E-state index in [4.69, 9.17) is 18.9 Å². The van der Waals surface area contributed by atoms with Crippen molar-refractivity contribution in [2.75, 3.05) is 0 Å². The molecular weight excluding hydrogens is 452 g/mol. The van der Waals surface area contributed by atoms with Gasteiger partial charge in [-0.25, -0.2) is 9.59 Å². The number of hydrogen-bond donors (Lipinski definition) is 1. The molecule has 1 aromatic rings. The fourth-order valence-corrected chi connectivity index (χ4v) is 3.22. The zero-order valence-electron chi connectivity index (χ0n) is 20.1. The van der Waals surface area contributed by atoms with Crippen molar-refractivity contribution < 1.29 is 48.0 Å². The minimum absolute atomic E-state index is 0.379. The molecule has 0 bridgehead atoms. The summed E-state index contributed by atoms with van der Waals surface area (Å²) in [5, 5.41) is 13.6. The molecule has 2 aliphatic heterocycles. The van der Waals surface area contributed by atoms with E-state index in [9.17, 15) is 29.1 Å². The molecule has 12 heteroatoms. The molecule has 0 aromatic carbocycles. The Morgan fingerprint density at radius 1 is 1.00 bits per heavy atom. The lowest BCUT2D eigenvalue weighted by Gasteiger charge is -2.32. The van der Waals surface area contributed by atoms with Crippen molar-refractivity contribution in [1.82, 2.24) is 9.78 Å². The molecule has 2 aliphatic rings. The van der Waals surface area contributed by atoms with E-state index in [1.807, 2.05) is 6.92 Å². The van der Waals surface area contributed by atoms with Gasteiger partial charge < -0.3 is 24.1 Å². The second-order valence-corrected chi connectivity index (χ2v) is 8.58. The monoisotopic (exact) mass is 480 g/mol. The number of aromatic nitrogens is 2. The minimum atomic E-state index is -1.35. The Morgan fingerprint density at radius 2 is 1.47 bits per heavy atom. The van der Waals surface area contributed by atoms with Crippen molar-refractivity contribution in [3.8, 4) is 0 Å². The highest BCUT2D eigenvalue weighted by Crippen LogP contribution is 2.30. The number of hydrogen-bond acceptors (Lipinski definition) is 11. The molecule has 2 fully saturated rings. The Morgan fingerprint density at radius 3 is 1.91 bits per heavy atom. The first-order valence-corrected chi connectivity index (χ1v) is 10.4. The number of rotatable bonds is 4. The Kier molecular flexibility index (Phi) is 7.54. The third-order valence-electron chi connectivity index (χ3n) is 4.48. The van der Waals surface area contributed by atoms with Crippen LogP contribution in [-0.2, 0) is 49.5 Å². The maximum Gasteiger partial charge on any atom is 0.352 e. The molecule has 0 atom stereocenters. The summed E-state index contributed by atoms with van der Waals surface area (Å²) in [6, 6.07) is 1.70. The number of nitrogens with zero attached hydrogens (tertiary/aromatic N) is 2. The van der Waals surface area contributed by atoms with E-state index >= 15 is 0 Å². The van der Waals surface area contributed by atoms with Crippen LogP contribution in [0.2, 0.25) is 0 Å². The van der Waals surface area contributed by atoms with Crippen molar-refractivity contribution in [3.05, 3.63) is 28.8 Å². The lowest BCUT2D eigenvalue weighted by molar-refractivity contribution is -0.235. The summed E-state index contributed by atoms with van der Waals surface area (Å²) in [7, 11) is 0. The largest absolute Gasteiger partial charge is 0.511 e. The molecule has 34 heavy (non-hydrogen) atoms. The molecule has 0 radical (unpaired) electrons. The average Bonchev–Trinajstić information content (AvgIpc) is 2.98. The number of carbonyl (C=O) groups is 5. The van der Waals surface area contributed by atoms with Crippen LogP contribution in [0.1, 0.15) is 65.3 Å². The zero-order chi connectivity index (χ0) is 26.0. The predicted octanol–water partition coefficient (Wildman–Crippen LogP) is 1.74. The van der Waals surface area contributed by atoms with Crippen LogP contribution in [0.4, 0.5) is 0 Å². The Labute approximate surface area is 195 Å². The Hall–Kier alpha value is -3.70. The van der Waals surface area contributed by atoms with Gasteiger partial charge in [-0.1, -0.05) is 0 Å². The Balaban J connectivity index is 0.000000242. The number of aryl methyl sites for hydroxylation is 2. The summed E-state index contributed by atoms with van der Waals surface area (Å²) in [4.78, 5) is 57.4. The fraction of sp³-hybridized carbons (Fsp3) is 0.545. The fourth-order valence-electron chi connectivity index (χ4n) is 3.22. The van der Waals surface area contributed by atoms with E-state index in [2.05, 4.69) is 5.10 Å². The van der Waals surface area contributed by atoms with Crippen LogP contribution < -0.4 is 0 Å². The van der Waals surface area contributed by atoms with Crippen molar-refractivity contribution in [3.63, 3.8) is 0 Å². The van der Waals surface area contributed by atoms with Crippen LogP contribution in [0.15, 0.2) is 17.4 Å². The number of ketones is 1. The van der Waals surface area contributed by atoms with E-state index in [1.165, 1.54) is 34.6 Å². The second-order valence-electron chi connectivity index (χ2n) is 8.58. The van der Waals surface area contributed by atoms with Crippen molar-refractivity contribution in [1.29, 1.82) is 0 Å². The van der Waals surface area contributed by atoms with Gasteiger partial charge in [-0.05, 0) is 26.8 Å². The third-order valence-corrected chi connectivity index (χ3v) is 4.48. The molecule has 0 aliphatic carbocycles. The molecule has 186 valence electrons. The van der Waals surface area contributed by atoms with Gasteiger partial charge in [0, 0.05) is 34.2 Å². The summed E-state index contributed by atoms with van der Waals surface area (Å²) in [5.74, 6) is -7.75. The first-order valence-electron chi connectivity index (χ1n) is 10.4. The number of ether oxygens (including phenoxy) is 4. The van der Waals surface area contributed by atoms with Crippen LogP contribution >= 0.6 is 0 Å². The molecule has 2 saturated heterocycles. The smallest absolute Gasteiger partial charge is 0.352 e. The summed E-state index contributed by atoms with van der Waals surface area (Å²) in [6.45, 7) is 11.3. The van der Waals surface area contributed by atoms with Crippen molar-refractivity contribution in [2.24, 2.45) is 0 Å². The molecule has 0 unspecified atom stereocenters. The maximum atomic E-state index is 11.9. The highest BCUT2D eigenvalue weighted by molar-refractivity contribution is 6.16. The van der Waals surface area contributed by atoms with Gasteiger partial charge >= 0.3 is 23.9 Å². The number of aliphatic hydroxyl groups is 1. The number of esters is 4. The van der Waals surface area contributed by atoms with Gasteiger partial charge in [0.1, 0.15) is 11.5 Å². The van der Waals surface area contributed by atoms with Crippen molar-refractivity contribution in [2.45, 2.75) is 78.9 Å². The van der Waals surface area contributed by atoms with Crippen LogP contribution in [0.3, 0.4) is 0 Å².